The van der Waals surface area contributed by atoms with Crippen molar-refractivity contribution in [3.63, 3.8) is 0 Å². The van der Waals surface area contributed by atoms with E-state index in [4.69, 9.17) is 5.84 Å². The van der Waals surface area contributed by atoms with Gasteiger partial charge >= 0.3 is 0 Å². The highest BCUT2D eigenvalue weighted by Gasteiger charge is 2.09. The van der Waals surface area contributed by atoms with Gasteiger partial charge in [-0.25, -0.2) is 15.8 Å². The molecule has 6 nitrogen and oxygen atoms in total. The third-order valence-electron chi connectivity index (χ3n) is 2.65. The minimum absolute atomic E-state index is 0.675. The van der Waals surface area contributed by atoms with Crippen molar-refractivity contribution in [2.45, 2.75) is 13.3 Å². The molecule has 0 aromatic carbocycles. The van der Waals surface area contributed by atoms with E-state index < -0.39 is 0 Å². The Bertz CT molecular complexity index is 352. The van der Waals surface area contributed by atoms with E-state index in [9.17, 15) is 0 Å². The Kier molecular flexibility index (Phi) is 5.11. The van der Waals surface area contributed by atoms with Crippen LogP contribution in [0.2, 0.25) is 0 Å². The Balaban J connectivity index is 2.65. The van der Waals surface area contributed by atoms with E-state index in [0.717, 1.165) is 30.9 Å². The lowest BCUT2D eigenvalue weighted by atomic mass is 10.3. The molecular weight excluding hydrogens is 216 g/mol. The molecule has 0 aliphatic rings. The van der Waals surface area contributed by atoms with Crippen molar-refractivity contribution in [2.24, 2.45) is 5.84 Å². The predicted molar refractivity (Wildman–Crippen MR) is 71.0 cm³/mol. The summed E-state index contributed by atoms with van der Waals surface area (Å²) in [4.78, 5) is 12.7. The van der Waals surface area contributed by atoms with Gasteiger partial charge in [-0.1, -0.05) is 0 Å². The highest BCUT2D eigenvalue weighted by Crippen LogP contribution is 2.20. The van der Waals surface area contributed by atoms with Gasteiger partial charge in [0.15, 0.2) is 0 Å². The predicted octanol–water partition coefficient (Wildman–Crippen LogP) is 0.459. The maximum Gasteiger partial charge on any atom is 0.148 e. The molecule has 1 aromatic heterocycles. The number of hydrogen-bond donors (Lipinski definition) is 2. The molecule has 0 fully saturated rings. The van der Waals surface area contributed by atoms with Gasteiger partial charge in [0.2, 0.25) is 0 Å². The summed E-state index contributed by atoms with van der Waals surface area (Å²) in [5.41, 5.74) is 3.55. The Morgan fingerprint density at radius 1 is 1.24 bits per heavy atom. The van der Waals surface area contributed by atoms with Gasteiger partial charge in [0.1, 0.15) is 18.0 Å². The second-order valence-electron chi connectivity index (χ2n) is 4.39. The van der Waals surface area contributed by atoms with Gasteiger partial charge in [0.05, 0.1) is 0 Å². The highest BCUT2D eigenvalue weighted by atomic mass is 15.3. The monoisotopic (exact) mass is 238 g/mol. The van der Waals surface area contributed by atoms with Crippen LogP contribution < -0.4 is 16.2 Å². The lowest BCUT2D eigenvalue weighted by Gasteiger charge is -2.21. The molecule has 0 bridgehead atoms. The molecule has 3 N–H and O–H groups in total. The third-order valence-corrected chi connectivity index (χ3v) is 2.65. The summed E-state index contributed by atoms with van der Waals surface area (Å²) in [5, 5.41) is 0. The summed E-state index contributed by atoms with van der Waals surface area (Å²) in [6, 6.07) is 0. The summed E-state index contributed by atoms with van der Waals surface area (Å²) in [5.74, 6) is 6.99. The molecular formula is C11H22N6. The summed E-state index contributed by atoms with van der Waals surface area (Å²) >= 11 is 0. The minimum Gasteiger partial charge on any atom is -0.359 e. The van der Waals surface area contributed by atoms with Gasteiger partial charge in [-0.05, 0) is 34.0 Å². The molecule has 1 rings (SSSR count). The molecule has 0 saturated carbocycles. The molecule has 17 heavy (non-hydrogen) atoms. The number of hydrogen-bond acceptors (Lipinski definition) is 6. The number of nitrogens with two attached hydrogens (primary N) is 1. The number of nitrogen functional groups attached to an aromatic ring is 1. The first-order chi connectivity index (χ1) is 8.06. The van der Waals surface area contributed by atoms with Gasteiger partial charge in [0, 0.05) is 19.2 Å². The van der Waals surface area contributed by atoms with Crippen molar-refractivity contribution in [3.8, 4) is 0 Å². The van der Waals surface area contributed by atoms with E-state index in [1.807, 2.05) is 14.0 Å². The summed E-state index contributed by atoms with van der Waals surface area (Å²) in [6.07, 6.45) is 2.62. The van der Waals surface area contributed by atoms with Crippen LogP contribution in [0.15, 0.2) is 6.33 Å². The van der Waals surface area contributed by atoms with Crippen molar-refractivity contribution in [2.75, 3.05) is 44.6 Å². The van der Waals surface area contributed by atoms with Crippen LogP contribution in [0.5, 0.6) is 0 Å². The fourth-order valence-corrected chi connectivity index (χ4v) is 1.70. The fraction of sp³-hybridized carbons (Fsp3) is 0.636. The zero-order chi connectivity index (χ0) is 12.8. The number of rotatable bonds is 6. The van der Waals surface area contributed by atoms with E-state index in [-0.39, 0.29) is 0 Å². The van der Waals surface area contributed by atoms with Crippen LogP contribution in [0.4, 0.5) is 11.6 Å². The molecule has 1 aromatic rings. The first-order valence-corrected chi connectivity index (χ1v) is 5.70. The van der Waals surface area contributed by atoms with Crippen molar-refractivity contribution in [1.82, 2.24) is 14.9 Å². The minimum atomic E-state index is 0.675. The van der Waals surface area contributed by atoms with Crippen LogP contribution in [0.25, 0.3) is 0 Å². The number of nitrogens with one attached hydrogen (secondary N) is 1. The largest absolute Gasteiger partial charge is 0.359 e. The van der Waals surface area contributed by atoms with Gasteiger partial charge in [-0.3, -0.25) is 0 Å². The first kappa shape index (κ1) is 13.7. The van der Waals surface area contributed by atoms with E-state index in [1.165, 1.54) is 6.33 Å². The lowest BCUT2D eigenvalue weighted by molar-refractivity contribution is 0.401. The number of anilines is 2. The van der Waals surface area contributed by atoms with Crippen LogP contribution in [0.3, 0.4) is 0 Å². The zero-order valence-corrected chi connectivity index (χ0v) is 11.1. The Morgan fingerprint density at radius 2 is 1.94 bits per heavy atom. The Hall–Kier alpha value is -1.40. The molecule has 0 aliphatic carbocycles. The second kappa shape index (κ2) is 6.36. The molecule has 0 aliphatic heterocycles. The van der Waals surface area contributed by atoms with Crippen LogP contribution in [-0.4, -0.2) is 49.1 Å². The average molecular weight is 238 g/mol. The second-order valence-corrected chi connectivity index (χ2v) is 4.39. The molecule has 0 amide bonds. The first-order valence-electron chi connectivity index (χ1n) is 5.70. The molecule has 0 radical (unpaired) electrons. The maximum absolute atomic E-state index is 5.39. The van der Waals surface area contributed by atoms with E-state index in [2.05, 4.69) is 39.3 Å². The Morgan fingerprint density at radius 3 is 2.53 bits per heavy atom. The average Bonchev–Trinajstić information content (AvgIpc) is 2.28. The van der Waals surface area contributed by atoms with Crippen LogP contribution in [0, 0.1) is 6.92 Å². The van der Waals surface area contributed by atoms with Crippen LogP contribution >= 0.6 is 0 Å². The van der Waals surface area contributed by atoms with Gasteiger partial charge < -0.3 is 15.2 Å². The molecule has 0 spiro atoms. The van der Waals surface area contributed by atoms with Gasteiger partial charge in [-0.15, -0.1) is 0 Å². The lowest BCUT2D eigenvalue weighted by Crippen LogP contribution is -2.25. The molecule has 6 heteroatoms. The van der Waals surface area contributed by atoms with E-state index in [0.29, 0.717) is 5.82 Å². The zero-order valence-electron chi connectivity index (χ0n) is 11.1. The maximum atomic E-state index is 5.39. The summed E-state index contributed by atoms with van der Waals surface area (Å²) in [6.45, 7) is 3.99. The van der Waals surface area contributed by atoms with E-state index >= 15 is 0 Å². The quantitative estimate of drug-likeness (QED) is 0.554. The third kappa shape index (κ3) is 3.83. The number of aromatic nitrogens is 2. The van der Waals surface area contributed by atoms with Crippen molar-refractivity contribution >= 4 is 11.6 Å². The summed E-state index contributed by atoms with van der Waals surface area (Å²) < 4.78 is 0. The molecule has 96 valence electrons. The van der Waals surface area contributed by atoms with Gasteiger partial charge in [0.25, 0.3) is 0 Å². The normalized spacial score (nSPS) is 10.7. The molecule has 1 heterocycles. The number of hydrazine groups is 1. The van der Waals surface area contributed by atoms with Crippen LogP contribution in [0.1, 0.15) is 12.0 Å². The van der Waals surface area contributed by atoms with Gasteiger partial charge in [-0.2, -0.15) is 0 Å². The molecule has 0 atom stereocenters. The fourth-order valence-electron chi connectivity index (χ4n) is 1.70. The van der Waals surface area contributed by atoms with Crippen LogP contribution in [-0.2, 0) is 0 Å². The Labute approximate surface area is 103 Å². The van der Waals surface area contributed by atoms with Crippen molar-refractivity contribution in [3.05, 3.63) is 11.9 Å². The van der Waals surface area contributed by atoms with Crippen molar-refractivity contribution < 1.29 is 0 Å². The van der Waals surface area contributed by atoms with Crippen molar-refractivity contribution in [1.29, 1.82) is 0 Å². The number of nitrogens with zero attached hydrogens (tertiary/aromatic N) is 4. The smallest absolute Gasteiger partial charge is 0.148 e. The van der Waals surface area contributed by atoms with E-state index in [1.54, 1.807) is 0 Å². The summed E-state index contributed by atoms with van der Waals surface area (Å²) in [7, 11) is 6.18. The standard InChI is InChI=1S/C11H22N6/c1-9-10(15-12)13-8-14-11(9)17(4)7-5-6-16(2)3/h8H,5-7,12H2,1-4H3,(H,13,14,15). The highest BCUT2D eigenvalue weighted by molar-refractivity contribution is 5.56. The molecule has 0 unspecified atom stereocenters. The topological polar surface area (TPSA) is 70.3 Å². The SMILES string of the molecule is Cc1c(NN)ncnc1N(C)CCCN(C)C. The molecule has 0 saturated heterocycles.